The lowest BCUT2D eigenvalue weighted by Crippen LogP contribution is -2.31. The van der Waals surface area contributed by atoms with Gasteiger partial charge in [-0.05, 0) is 0 Å². The predicted molar refractivity (Wildman–Crippen MR) is 51.4 cm³/mol. The Balaban J connectivity index is 2.65. The number of rotatable bonds is 4. The van der Waals surface area contributed by atoms with E-state index in [1.54, 1.807) is 0 Å². The average Bonchev–Trinajstić information content (AvgIpc) is 2.14. The normalized spacial score (nSPS) is 11.4. The van der Waals surface area contributed by atoms with Gasteiger partial charge < -0.3 is 21.9 Å². The van der Waals surface area contributed by atoms with Crippen molar-refractivity contribution in [3.63, 3.8) is 0 Å². The zero-order chi connectivity index (χ0) is 11.5. The molecule has 1 heterocycles. The summed E-state index contributed by atoms with van der Waals surface area (Å²) in [4.78, 5) is 7.20. The first-order valence-electron chi connectivity index (χ1n) is 4.05. The number of aliphatic hydroxyl groups is 1. The minimum absolute atomic E-state index is 0.0808. The molecule has 0 aromatic carbocycles. The van der Waals surface area contributed by atoms with Gasteiger partial charge in [0.25, 0.3) is 5.92 Å². The number of aliphatic hydroxyl groups excluding tert-OH is 1. The van der Waals surface area contributed by atoms with E-state index < -0.39 is 19.1 Å². The minimum atomic E-state index is -3.21. The molecule has 0 spiro atoms. The molecule has 0 radical (unpaired) electrons. The Kier molecular flexibility index (Phi) is 3.20. The Morgan fingerprint density at radius 1 is 1.40 bits per heavy atom. The fraction of sp³-hybridized carbons (Fsp3) is 0.429. The number of nitrogens with two attached hydrogens (primary N) is 2. The van der Waals surface area contributed by atoms with E-state index in [2.05, 4.69) is 15.3 Å². The van der Waals surface area contributed by atoms with Gasteiger partial charge in [-0.3, -0.25) is 0 Å². The summed E-state index contributed by atoms with van der Waals surface area (Å²) < 4.78 is 25.2. The molecule has 1 rings (SSSR count). The van der Waals surface area contributed by atoms with Crippen molar-refractivity contribution >= 4 is 17.6 Å². The van der Waals surface area contributed by atoms with Gasteiger partial charge in [-0.1, -0.05) is 0 Å². The maximum absolute atomic E-state index is 12.6. The third-order valence-corrected chi connectivity index (χ3v) is 1.52. The van der Waals surface area contributed by atoms with Crippen LogP contribution in [0.25, 0.3) is 0 Å². The molecular weight excluding hydrogens is 208 g/mol. The molecular formula is C7H11F2N5O. The summed E-state index contributed by atoms with van der Waals surface area (Å²) in [6.07, 6.45) is 0. The molecule has 84 valence electrons. The van der Waals surface area contributed by atoms with Crippen molar-refractivity contribution in [2.75, 3.05) is 29.9 Å². The monoisotopic (exact) mass is 219 g/mol. The van der Waals surface area contributed by atoms with E-state index in [-0.39, 0.29) is 17.6 Å². The molecule has 6 nitrogen and oxygen atoms in total. The highest BCUT2D eigenvalue weighted by molar-refractivity contribution is 5.48. The van der Waals surface area contributed by atoms with Crippen molar-refractivity contribution in [1.29, 1.82) is 0 Å². The zero-order valence-corrected chi connectivity index (χ0v) is 7.74. The van der Waals surface area contributed by atoms with Crippen molar-refractivity contribution in [3.05, 3.63) is 6.07 Å². The highest BCUT2D eigenvalue weighted by atomic mass is 19.3. The molecule has 0 saturated carbocycles. The van der Waals surface area contributed by atoms with Gasteiger partial charge >= 0.3 is 0 Å². The predicted octanol–water partition coefficient (Wildman–Crippen LogP) is -0.320. The molecule has 1 aromatic rings. The van der Waals surface area contributed by atoms with E-state index in [0.29, 0.717) is 0 Å². The van der Waals surface area contributed by atoms with Crippen molar-refractivity contribution < 1.29 is 13.9 Å². The van der Waals surface area contributed by atoms with Gasteiger partial charge in [0.05, 0.1) is 6.54 Å². The molecule has 15 heavy (non-hydrogen) atoms. The summed E-state index contributed by atoms with van der Waals surface area (Å²) in [6, 6.07) is 1.27. The maximum Gasteiger partial charge on any atom is 0.287 e. The summed E-state index contributed by atoms with van der Waals surface area (Å²) in [5.41, 5.74) is 10.6. The third kappa shape index (κ3) is 3.50. The lowest BCUT2D eigenvalue weighted by Gasteiger charge is -2.14. The number of alkyl halides is 2. The highest BCUT2D eigenvalue weighted by Gasteiger charge is 2.27. The molecule has 0 unspecified atom stereocenters. The smallest absolute Gasteiger partial charge is 0.287 e. The topological polar surface area (TPSA) is 110 Å². The first-order valence-corrected chi connectivity index (χ1v) is 4.05. The van der Waals surface area contributed by atoms with Gasteiger partial charge in [0.15, 0.2) is 0 Å². The molecule has 0 saturated heterocycles. The lowest BCUT2D eigenvalue weighted by molar-refractivity contribution is -0.0373. The SMILES string of the molecule is Nc1cc(NCC(F)(F)CO)nc(N)n1. The molecule has 0 aliphatic carbocycles. The van der Waals surface area contributed by atoms with Crippen LogP contribution in [-0.4, -0.2) is 34.1 Å². The number of hydrogen-bond donors (Lipinski definition) is 4. The van der Waals surface area contributed by atoms with Crippen LogP contribution in [0.15, 0.2) is 6.07 Å². The van der Waals surface area contributed by atoms with E-state index in [1.807, 2.05) is 0 Å². The van der Waals surface area contributed by atoms with Gasteiger partial charge in [0.1, 0.15) is 18.2 Å². The van der Waals surface area contributed by atoms with E-state index in [0.717, 1.165) is 0 Å². The van der Waals surface area contributed by atoms with Crippen LogP contribution in [0.4, 0.5) is 26.4 Å². The largest absolute Gasteiger partial charge is 0.390 e. The third-order valence-electron chi connectivity index (χ3n) is 1.52. The number of anilines is 3. The van der Waals surface area contributed by atoms with Crippen molar-refractivity contribution in [2.24, 2.45) is 0 Å². The van der Waals surface area contributed by atoms with Gasteiger partial charge in [-0.2, -0.15) is 9.97 Å². The first kappa shape index (κ1) is 11.4. The molecule has 0 atom stereocenters. The maximum atomic E-state index is 12.6. The van der Waals surface area contributed by atoms with E-state index >= 15 is 0 Å². The highest BCUT2D eigenvalue weighted by Crippen LogP contribution is 2.15. The van der Waals surface area contributed by atoms with Gasteiger partial charge in [-0.25, -0.2) is 8.78 Å². The number of halogens is 2. The van der Waals surface area contributed by atoms with Crippen LogP contribution in [0.3, 0.4) is 0 Å². The van der Waals surface area contributed by atoms with Gasteiger partial charge in [0, 0.05) is 6.07 Å². The summed E-state index contributed by atoms with van der Waals surface area (Å²) in [5, 5.41) is 10.6. The number of hydrogen-bond acceptors (Lipinski definition) is 6. The summed E-state index contributed by atoms with van der Waals surface area (Å²) in [7, 11) is 0. The molecule has 0 fully saturated rings. The molecule has 1 aromatic heterocycles. The number of nitrogen functional groups attached to an aromatic ring is 2. The van der Waals surface area contributed by atoms with Crippen molar-refractivity contribution in [1.82, 2.24) is 9.97 Å². The Morgan fingerprint density at radius 3 is 2.60 bits per heavy atom. The minimum Gasteiger partial charge on any atom is -0.390 e. The fourth-order valence-electron chi connectivity index (χ4n) is 0.852. The lowest BCUT2D eigenvalue weighted by atomic mass is 10.3. The van der Waals surface area contributed by atoms with Crippen LogP contribution in [0, 0.1) is 0 Å². The zero-order valence-electron chi connectivity index (χ0n) is 7.74. The molecule has 6 N–H and O–H groups in total. The fourth-order valence-corrected chi connectivity index (χ4v) is 0.852. The Bertz CT molecular complexity index is 326. The van der Waals surface area contributed by atoms with Crippen LogP contribution in [0.1, 0.15) is 0 Å². The second kappa shape index (κ2) is 4.22. The first-order chi connectivity index (χ1) is 6.93. The van der Waals surface area contributed by atoms with E-state index in [4.69, 9.17) is 16.6 Å². The van der Waals surface area contributed by atoms with Crippen LogP contribution < -0.4 is 16.8 Å². The van der Waals surface area contributed by atoms with E-state index in [1.165, 1.54) is 6.07 Å². The van der Waals surface area contributed by atoms with Crippen molar-refractivity contribution in [2.45, 2.75) is 5.92 Å². The van der Waals surface area contributed by atoms with Crippen LogP contribution in [0.2, 0.25) is 0 Å². The molecule has 0 amide bonds. The van der Waals surface area contributed by atoms with Gasteiger partial charge in [-0.15, -0.1) is 0 Å². The quantitative estimate of drug-likeness (QED) is 0.552. The van der Waals surface area contributed by atoms with Crippen LogP contribution in [-0.2, 0) is 0 Å². The number of aromatic nitrogens is 2. The van der Waals surface area contributed by atoms with Crippen molar-refractivity contribution in [3.8, 4) is 0 Å². The summed E-state index contributed by atoms with van der Waals surface area (Å²) in [6.45, 7) is -1.99. The Labute approximate surface area is 84.3 Å². The number of nitrogens with one attached hydrogen (secondary N) is 1. The molecule has 0 bridgehead atoms. The van der Waals surface area contributed by atoms with E-state index in [9.17, 15) is 8.78 Å². The average molecular weight is 219 g/mol. The van der Waals surface area contributed by atoms with Gasteiger partial charge in [0.2, 0.25) is 5.95 Å². The Hall–Kier alpha value is -1.70. The molecule has 8 heteroatoms. The number of nitrogens with zero attached hydrogens (tertiary/aromatic N) is 2. The van der Waals surface area contributed by atoms with Crippen LogP contribution in [0.5, 0.6) is 0 Å². The summed E-state index contributed by atoms with van der Waals surface area (Å²) in [5.74, 6) is -3.15. The molecule has 0 aliphatic rings. The Morgan fingerprint density at radius 2 is 2.07 bits per heavy atom. The second-order valence-electron chi connectivity index (χ2n) is 2.90. The summed E-state index contributed by atoms with van der Waals surface area (Å²) >= 11 is 0. The molecule has 0 aliphatic heterocycles. The van der Waals surface area contributed by atoms with Crippen LogP contribution >= 0.6 is 0 Å². The second-order valence-corrected chi connectivity index (χ2v) is 2.90. The standard InChI is InChI=1S/C7H11F2N5O/c8-7(9,3-15)2-12-5-1-4(10)13-6(11)14-5/h1,15H,2-3H2,(H5,10,11,12,13,14).